The van der Waals surface area contributed by atoms with Crippen LogP contribution in [0.4, 0.5) is 8.78 Å². The maximum absolute atomic E-state index is 13.9. The van der Waals surface area contributed by atoms with Crippen molar-refractivity contribution in [2.45, 2.75) is 38.0 Å². The minimum Gasteiger partial charge on any atom is -0.475 e. The van der Waals surface area contributed by atoms with Gasteiger partial charge in [0, 0.05) is 51.9 Å². The second-order valence-corrected chi connectivity index (χ2v) is 9.42. The van der Waals surface area contributed by atoms with Crippen LogP contribution in [0.25, 0.3) is 0 Å². The predicted molar refractivity (Wildman–Crippen MR) is 124 cm³/mol. The maximum Gasteiger partial charge on any atom is 0.257 e. The largest absolute Gasteiger partial charge is 0.475 e. The van der Waals surface area contributed by atoms with Crippen LogP contribution in [0.15, 0.2) is 36.5 Å². The molecule has 1 N–H and O–H groups in total. The number of aromatic nitrogens is 1. The highest BCUT2D eigenvalue weighted by atomic mass is 19.2. The predicted octanol–water partition coefficient (Wildman–Crippen LogP) is 1.18. The van der Waals surface area contributed by atoms with E-state index in [1.807, 2.05) is 4.90 Å². The number of ether oxygens (including phenoxy) is 1. The molecule has 0 radical (unpaired) electrons. The molecule has 2 fully saturated rings. The first-order valence-electron chi connectivity index (χ1n) is 11.9. The number of likely N-dealkylation sites (tertiary alicyclic amines) is 1. The van der Waals surface area contributed by atoms with Crippen LogP contribution in [0.3, 0.4) is 0 Å². The summed E-state index contributed by atoms with van der Waals surface area (Å²) < 4.78 is 33.2. The van der Waals surface area contributed by atoms with Crippen molar-refractivity contribution in [1.29, 1.82) is 0 Å². The summed E-state index contributed by atoms with van der Waals surface area (Å²) in [5, 5.41) is 2.97. The molecule has 11 heteroatoms. The third-order valence-corrected chi connectivity index (χ3v) is 7.03. The summed E-state index contributed by atoms with van der Waals surface area (Å²) in [7, 11) is 0. The van der Waals surface area contributed by atoms with E-state index in [1.54, 1.807) is 21.9 Å². The number of hydrogen-bond donors (Lipinski definition) is 1. The summed E-state index contributed by atoms with van der Waals surface area (Å²) in [6.07, 6.45) is 1.89. The fraction of sp³-hybridized carbons (Fsp3) is 0.440. The molecule has 2 saturated heterocycles. The fourth-order valence-electron chi connectivity index (χ4n) is 5.19. The average Bonchev–Trinajstić information content (AvgIpc) is 3.25. The van der Waals surface area contributed by atoms with E-state index in [4.69, 9.17) is 4.74 Å². The lowest BCUT2D eigenvalue weighted by Gasteiger charge is -2.42. The number of halogens is 2. The van der Waals surface area contributed by atoms with Gasteiger partial charge in [0.25, 0.3) is 5.91 Å². The summed E-state index contributed by atoms with van der Waals surface area (Å²) in [5.41, 5.74) is 0.810. The highest BCUT2D eigenvalue weighted by Crippen LogP contribution is 2.27. The van der Waals surface area contributed by atoms with Gasteiger partial charge in [0.15, 0.2) is 11.6 Å². The Labute approximate surface area is 207 Å². The second kappa shape index (κ2) is 9.81. The van der Waals surface area contributed by atoms with E-state index in [-0.39, 0.29) is 48.4 Å². The molecule has 3 aliphatic rings. The summed E-state index contributed by atoms with van der Waals surface area (Å²) in [6, 6.07) is 5.60. The van der Waals surface area contributed by atoms with E-state index in [0.29, 0.717) is 38.2 Å². The molecule has 2 bridgehead atoms. The van der Waals surface area contributed by atoms with E-state index in [0.717, 1.165) is 12.1 Å². The molecule has 190 valence electrons. The molecular formula is C25H27F2N5O4. The van der Waals surface area contributed by atoms with Gasteiger partial charge in [-0.2, -0.15) is 0 Å². The zero-order valence-corrected chi connectivity index (χ0v) is 19.8. The van der Waals surface area contributed by atoms with Crippen LogP contribution in [-0.4, -0.2) is 88.3 Å². The number of rotatable bonds is 2. The number of benzene rings is 1. The first-order valence-corrected chi connectivity index (χ1v) is 11.9. The number of nitrogens with one attached hydrogen (secondary N) is 1. The lowest BCUT2D eigenvalue weighted by atomic mass is 10.1. The van der Waals surface area contributed by atoms with E-state index < -0.39 is 23.7 Å². The summed E-state index contributed by atoms with van der Waals surface area (Å²) >= 11 is 0. The van der Waals surface area contributed by atoms with Crippen LogP contribution < -0.4 is 10.1 Å². The van der Waals surface area contributed by atoms with E-state index >= 15 is 0 Å². The van der Waals surface area contributed by atoms with Gasteiger partial charge in [0.2, 0.25) is 17.7 Å². The molecule has 3 atom stereocenters. The second-order valence-electron chi connectivity index (χ2n) is 9.42. The molecule has 0 saturated carbocycles. The normalized spacial score (nSPS) is 24.7. The molecule has 9 nitrogen and oxygen atoms in total. The van der Waals surface area contributed by atoms with E-state index in [2.05, 4.69) is 10.3 Å². The van der Waals surface area contributed by atoms with Crippen LogP contribution in [0.2, 0.25) is 0 Å². The zero-order valence-electron chi connectivity index (χ0n) is 19.8. The molecule has 0 unspecified atom stereocenters. The van der Waals surface area contributed by atoms with Crippen LogP contribution in [-0.2, 0) is 16.1 Å². The Bertz CT molecular complexity index is 1190. The number of hydrogen-bond acceptors (Lipinski definition) is 6. The molecule has 1 aromatic carbocycles. The van der Waals surface area contributed by atoms with Crippen LogP contribution in [0.5, 0.6) is 5.88 Å². The van der Waals surface area contributed by atoms with Crippen LogP contribution >= 0.6 is 0 Å². The molecule has 3 aliphatic heterocycles. The Balaban J connectivity index is 1.48. The van der Waals surface area contributed by atoms with Crippen molar-refractivity contribution in [2.24, 2.45) is 0 Å². The van der Waals surface area contributed by atoms with Crippen molar-refractivity contribution < 1.29 is 27.9 Å². The van der Waals surface area contributed by atoms with Crippen molar-refractivity contribution in [3.63, 3.8) is 0 Å². The minimum absolute atomic E-state index is 0.0616. The van der Waals surface area contributed by atoms with E-state index in [9.17, 15) is 23.2 Å². The number of amides is 3. The van der Waals surface area contributed by atoms with Crippen molar-refractivity contribution in [3.8, 4) is 5.88 Å². The van der Waals surface area contributed by atoms with Gasteiger partial charge in [0.05, 0.1) is 12.1 Å². The number of nitrogens with zero attached hydrogens (tertiary/aromatic N) is 4. The molecule has 4 heterocycles. The summed E-state index contributed by atoms with van der Waals surface area (Å²) in [6.45, 7) is 3.17. The summed E-state index contributed by atoms with van der Waals surface area (Å²) in [5.74, 6) is -2.33. The van der Waals surface area contributed by atoms with Gasteiger partial charge in [-0.1, -0.05) is 6.07 Å². The lowest BCUT2D eigenvalue weighted by Crippen LogP contribution is -2.61. The van der Waals surface area contributed by atoms with Gasteiger partial charge in [-0.3, -0.25) is 19.3 Å². The lowest BCUT2D eigenvalue weighted by molar-refractivity contribution is -0.146. The van der Waals surface area contributed by atoms with Crippen LogP contribution in [0.1, 0.15) is 29.3 Å². The summed E-state index contributed by atoms with van der Waals surface area (Å²) in [4.78, 5) is 48.5. The monoisotopic (exact) mass is 499 g/mol. The Morgan fingerprint density at radius 2 is 2.00 bits per heavy atom. The smallest absolute Gasteiger partial charge is 0.257 e. The van der Waals surface area contributed by atoms with E-state index in [1.165, 1.54) is 19.2 Å². The average molecular weight is 500 g/mol. The standard InChI is InChI=1S/C25H27F2N5O4/c1-15(33)30-7-8-32-18(13-30)14-36-24-19(3-2-6-28-24)23(34)29-17-10-22(25(32)35)31(12-17)11-16-4-5-20(26)21(27)9-16/h2-6,9,17-18,22H,7-8,10-14H2,1H3,(H,29,34)/t17-,18+,22+/m1/s1. The molecular weight excluding hydrogens is 472 g/mol. The molecule has 3 amide bonds. The maximum atomic E-state index is 13.9. The topological polar surface area (TPSA) is 95.1 Å². The number of carbonyl (C=O) groups excluding carboxylic acids is 3. The highest BCUT2D eigenvalue weighted by molar-refractivity contribution is 5.96. The molecule has 36 heavy (non-hydrogen) atoms. The van der Waals surface area contributed by atoms with Gasteiger partial charge < -0.3 is 19.9 Å². The Hall–Kier alpha value is -3.60. The molecule has 2 aromatic rings. The molecule has 0 aliphatic carbocycles. The molecule has 0 spiro atoms. The number of fused-ring (bicyclic) bond motifs is 4. The zero-order chi connectivity index (χ0) is 25.4. The number of carbonyl (C=O) groups is 3. The SMILES string of the molecule is CC(=O)N1CCN2C(=O)[C@@H]3C[C@H](CN3Cc3ccc(F)c(F)c3)NC(=O)c3cccnc3OC[C@@H]2C1. The van der Waals surface area contributed by atoms with Gasteiger partial charge in [-0.05, 0) is 36.2 Å². The fourth-order valence-corrected chi connectivity index (χ4v) is 5.19. The Morgan fingerprint density at radius 3 is 2.78 bits per heavy atom. The quantitative estimate of drug-likeness (QED) is 0.667. The Morgan fingerprint density at radius 1 is 1.17 bits per heavy atom. The number of piperazine rings is 1. The molecule has 5 rings (SSSR count). The first kappa shape index (κ1) is 24.1. The highest BCUT2D eigenvalue weighted by Gasteiger charge is 2.43. The van der Waals surface area contributed by atoms with Gasteiger partial charge in [-0.15, -0.1) is 0 Å². The third kappa shape index (κ3) is 4.75. The Kier molecular flexibility index (Phi) is 6.57. The van der Waals surface area contributed by atoms with Crippen molar-refractivity contribution in [3.05, 3.63) is 59.3 Å². The molecule has 1 aromatic heterocycles. The van der Waals surface area contributed by atoms with Crippen LogP contribution in [0, 0.1) is 11.6 Å². The van der Waals surface area contributed by atoms with Gasteiger partial charge >= 0.3 is 0 Å². The van der Waals surface area contributed by atoms with Crippen molar-refractivity contribution in [2.75, 3.05) is 32.8 Å². The third-order valence-electron chi connectivity index (χ3n) is 7.03. The number of pyridine rings is 1. The van der Waals surface area contributed by atoms with Gasteiger partial charge in [0.1, 0.15) is 12.2 Å². The van der Waals surface area contributed by atoms with Crippen molar-refractivity contribution in [1.82, 2.24) is 25.0 Å². The van der Waals surface area contributed by atoms with Gasteiger partial charge in [-0.25, -0.2) is 13.8 Å². The first-order chi connectivity index (χ1) is 17.3. The van der Waals surface area contributed by atoms with Crippen molar-refractivity contribution >= 4 is 17.7 Å². The minimum atomic E-state index is -0.952.